The van der Waals surface area contributed by atoms with Crippen molar-refractivity contribution in [3.63, 3.8) is 0 Å². The Kier molecular flexibility index (Phi) is 19.6. The third-order valence-electron chi connectivity index (χ3n) is 9.84. The van der Waals surface area contributed by atoms with Crippen LogP contribution in [0.1, 0.15) is 249 Å². The molecule has 72 heavy (non-hydrogen) atoms. The summed E-state index contributed by atoms with van der Waals surface area (Å²) in [6.07, 6.45) is 0. The Morgan fingerprint density at radius 3 is 0.319 bits per heavy atom. The Balaban J connectivity index is 2.66. The predicted molar refractivity (Wildman–Crippen MR) is 339 cm³/mol. The molecule has 0 aromatic heterocycles. The molecule has 0 saturated carbocycles. The van der Waals surface area contributed by atoms with Gasteiger partial charge < -0.3 is 0 Å². The van der Waals surface area contributed by atoms with E-state index in [1.54, 1.807) is 0 Å². The summed E-state index contributed by atoms with van der Waals surface area (Å²) in [5, 5.41) is 0. The van der Waals surface area contributed by atoms with Crippen molar-refractivity contribution >= 4 is 112 Å². The van der Waals surface area contributed by atoms with Crippen molar-refractivity contribution < 1.29 is 0 Å². The van der Waals surface area contributed by atoms with Gasteiger partial charge in [0.25, 0.3) is 0 Å². The molecule has 7 fully saturated rings. The molecule has 0 N–H and O–H groups in total. The average molecular weight is 1510 g/mol. The second-order valence-corrected chi connectivity index (χ2v) is 100. The van der Waals surface area contributed by atoms with Gasteiger partial charge in [-0.15, -0.1) is 0 Å². The van der Waals surface area contributed by atoms with Gasteiger partial charge in [0.15, 0.2) is 0 Å². The Morgan fingerprint density at radius 2 is 0.264 bits per heavy atom. The first kappa shape index (κ1) is 68.8. The van der Waals surface area contributed by atoms with E-state index in [0.29, 0.717) is 0 Å². The summed E-state index contributed by atoms with van der Waals surface area (Å²) in [5.74, 6) is 0. The normalized spacial score (nSPS) is 32.7. The van der Waals surface area contributed by atoms with Gasteiger partial charge in [0.05, 0.1) is 0 Å². The van der Waals surface area contributed by atoms with E-state index in [1.165, 1.54) is 0 Å². The molecule has 0 aliphatic carbocycles. The topological polar surface area (TPSA) is 93.6 Å². The van der Waals surface area contributed by atoms with E-state index >= 15 is 0 Å². The Hall–Kier alpha value is 4.26. The second kappa shape index (κ2) is 20.5. The maximum atomic E-state index is 6.50. The van der Waals surface area contributed by atoms with Gasteiger partial charge in [0.2, 0.25) is 0 Å². The molecule has 6 bridgehead atoms. The van der Waals surface area contributed by atoms with E-state index in [2.05, 4.69) is 276 Å². The summed E-state index contributed by atoms with van der Waals surface area (Å²) in [4.78, 5) is 0. The van der Waals surface area contributed by atoms with E-state index in [1.807, 2.05) is 0 Å². The molecule has 12 nitrogen and oxygen atoms in total. The first-order valence-electron chi connectivity index (χ1n) is 25.9. The fraction of sp³-hybridized carbons (Fsp3) is 1.00. The molecule has 0 spiro atoms. The van der Waals surface area contributed by atoms with Crippen molar-refractivity contribution in [1.82, 2.24) is 26.6 Å². The van der Waals surface area contributed by atoms with Gasteiger partial charge in [-0.1, -0.05) is 0 Å². The van der Waals surface area contributed by atoms with Crippen molar-refractivity contribution in [2.75, 3.05) is 0 Å². The molecule has 426 valence electrons. The Morgan fingerprint density at radius 1 is 0.181 bits per heavy atom. The molecule has 0 amide bonds. The van der Waals surface area contributed by atoms with Gasteiger partial charge in [0.1, 0.15) is 0 Å². The Bertz CT molecular complexity index is 1940. The van der Waals surface area contributed by atoms with Gasteiger partial charge in [-0.05, 0) is 0 Å². The first-order chi connectivity index (χ1) is 31.1. The van der Waals surface area contributed by atoms with Crippen molar-refractivity contribution in [3.8, 4) is 0 Å². The van der Waals surface area contributed by atoms with Crippen LogP contribution in [0.3, 0.4) is 0 Å². The quantitative estimate of drug-likeness (QED) is 0.177. The Labute approximate surface area is 478 Å². The number of nitrogens with zero attached hydrogens (tertiary/aromatic N) is 12. The van der Waals surface area contributed by atoms with Gasteiger partial charge >= 0.3 is 483 Å². The first-order valence-corrected chi connectivity index (χ1v) is 62.1. The van der Waals surface area contributed by atoms with E-state index in [4.69, 9.17) is 28.5 Å². The molecule has 0 atom stereocenters. The van der Waals surface area contributed by atoms with Crippen LogP contribution in [0, 0.1) is 0 Å². The van der Waals surface area contributed by atoms with Gasteiger partial charge in [-0.25, -0.2) is 0 Å². The molecule has 7 aliphatic rings. The van der Waals surface area contributed by atoms with Gasteiger partial charge in [-0.2, -0.15) is 0 Å². The van der Waals surface area contributed by atoms with Crippen LogP contribution >= 0.6 is 36.3 Å². The number of hydrogen-bond donors (Lipinski definition) is 0. The van der Waals surface area contributed by atoms with Crippen molar-refractivity contribution in [2.45, 2.75) is 316 Å². The zero-order chi connectivity index (χ0) is 56.9. The molecular weight excluding hydrogens is 1400 g/mol. The van der Waals surface area contributed by atoms with Crippen LogP contribution < -0.4 is 0 Å². The van der Waals surface area contributed by atoms with E-state index < -0.39 is 36.3 Å². The molecular formula is C48H108N12P6Se6. The third kappa shape index (κ3) is 13.9. The molecule has 0 unspecified atom stereocenters. The van der Waals surface area contributed by atoms with E-state index in [9.17, 15) is 0 Å². The summed E-state index contributed by atoms with van der Waals surface area (Å²) in [7, 11) is 0. The average Bonchev–Trinajstić information content (AvgIpc) is 2.95. The van der Waals surface area contributed by atoms with E-state index in [0.717, 1.165) is 0 Å². The summed E-state index contributed by atoms with van der Waals surface area (Å²) in [6, 6.07) is -14.9. The summed E-state index contributed by atoms with van der Waals surface area (Å²) >= 11 is 0.553. The van der Waals surface area contributed by atoms with Crippen LogP contribution in [0.15, 0.2) is 28.5 Å². The molecule has 0 aromatic rings. The second-order valence-electron chi connectivity index (χ2n) is 31.9. The summed E-state index contributed by atoms with van der Waals surface area (Å²) in [5.41, 5.74) is -2.78. The molecule has 7 aliphatic heterocycles. The molecule has 0 aromatic carbocycles. The fourth-order valence-corrected chi connectivity index (χ4v) is 231. The van der Waals surface area contributed by atoms with Crippen LogP contribution in [0.25, 0.3) is 0 Å². The van der Waals surface area contributed by atoms with Crippen LogP contribution in [-0.4, -0.2) is 169 Å². The zero-order valence-corrected chi connectivity index (χ0v) is 68.1. The van der Waals surface area contributed by atoms with Crippen LogP contribution in [0.5, 0.6) is 0 Å². The van der Waals surface area contributed by atoms with E-state index in [-0.39, 0.29) is 143 Å². The fourth-order valence-electron chi connectivity index (χ4n) is 9.59. The third-order valence-corrected chi connectivity index (χ3v) is 135. The minimum atomic E-state index is -2.48. The predicted octanol–water partition coefficient (Wildman–Crippen LogP) is 18.1. The van der Waals surface area contributed by atoms with Crippen LogP contribution in [0.2, 0.25) is 0 Å². The summed E-state index contributed by atoms with van der Waals surface area (Å²) < 4.78 is 57.9. The molecule has 0 radical (unpaired) electrons. The number of hydrogen-bond acceptors (Lipinski definition) is 6. The van der Waals surface area contributed by atoms with Crippen molar-refractivity contribution in [2.24, 2.45) is 28.5 Å². The zero-order valence-electron chi connectivity index (χ0n) is 52.5. The van der Waals surface area contributed by atoms with Gasteiger partial charge in [-0.3, -0.25) is 0 Å². The summed E-state index contributed by atoms with van der Waals surface area (Å²) in [6.45, 7) is 88.5. The monoisotopic (exact) mass is 1520 g/mol. The van der Waals surface area contributed by atoms with Crippen molar-refractivity contribution in [1.29, 1.82) is 0 Å². The molecule has 7 saturated heterocycles. The van der Waals surface area contributed by atoms with Crippen molar-refractivity contribution in [3.05, 3.63) is 0 Å². The molecule has 24 heteroatoms. The SMILES string of the molecule is CC(C)(C)N=P12[Se][Se]P3(=NC(C)(C)C)N(C(C)(C)C)P(=NC(C)(C)C)([Se][Se]P4(=NC(C)(C)C)N(C(C)(C)C)P(=NC(C)(C)C)([Se][Se]P(=NC(C)(C)C)(N1C(C)(C)C)N2C(C)(C)C)N4C(C)(C)C)N3C(C)(C)C. The standard InChI is InChI=1S/C48H108N12P6Se6/c1-37(2,3)49-61-55(43(19,20)21)62(50-38(4,5)6,56(61)44(22,23)24)69-70-65(53-41(13,14)15)59(47(31,32)33)66(54-42(16,17)18,60(65)48(34,35)36)72-71-64(52-40(10,11)12)57(45(25,26)27)63(68-67-61,51-39(7,8)9)58(64)46(28,29)30/h1-36H3. The molecule has 7 heterocycles. The van der Waals surface area contributed by atoms with Crippen LogP contribution in [0.4, 0.5) is 0 Å². The van der Waals surface area contributed by atoms with Gasteiger partial charge in [0, 0.05) is 0 Å². The maximum absolute atomic E-state index is 6.50. The van der Waals surface area contributed by atoms with Crippen LogP contribution in [-0.2, 0) is 0 Å². The molecule has 7 rings (SSSR count). The number of rotatable bonds is 0. The minimum absolute atomic E-state index is 0.0922.